The number of fused-ring (bicyclic) bond motifs is 1. The summed E-state index contributed by atoms with van der Waals surface area (Å²) in [6.45, 7) is 0.654. The van der Waals surface area contributed by atoms with E-state index in [9.17, 15) is 0 Å². The minimum absolute atomic E-state index is 0.143. The van der Waals surface area contributed by atoms with Crippen molar-refractivity contribution in [2.24, 2.45) is 0 Å². The zero-order valence-corrected chi connectivity index (χ0v) is 19.7. The van der Waals surface area contributed by atoms with Gasteiger partial charge in [-0.25, -0.2) is 9.97 Å². The van der Waals surface area contributed by atoms with Crippen molar-refractivity contribution in [3.63, 3.8) is 0 Å². The topological polar surface area (TPSA) is 69.2 Å². The van der Waals surface area contributed by atoms with Crippen molar-refractivity contribution in [2.75, 3.05) is 26.1 Å². The van der Waals surface area contributed by atoms with Crippen LogP contribution in [0, 0.1) is 0 Å². The summed E-state index contributed by atoms with van der Waals surface area (Å²) in [6, 6.07) is 28.6. The summed E-state index contributed by atoms with van der Waals surface area (Å²) in [5.41, 5.74) is 4.07. The first-order valence-electron chi connectivity index (χ1n) is 11.4. The van der Waals surface area contributed by atoms with Gasteiger partial charge in [0.1, 0.15) is 5.82 Å². The molecule has 174 valence electrons. The molecule has 1 N–H and O–H groups in total. The van der Waals surface area contributed by atoms with Gasteiger partial charge in [0.15, 0.2) is 17.3 Å². The molecule has 0 spiro atoms. The molecule has 2 aromatic heterocycles. The van der Waals surface area contributed by atoms with E-state index >= 15 is 0 Å². The molecule has 6 nitrogen and oxygen atoms in total. The van der Waals surface area contributed by atoms with E-state index in [-0.39, 0.29) is 5.92 Å². The molecular weight excluding hydrogens is 436 g/mol. The molecule has 0 aliphatic rings. The number of anilines is 1. The minimum Gasteiger partial charge on any atom is -0.493 e. The van der Waals surface area contributed by atoms with Gasteiger partial charge < -0.3 is 14.8 Å². The Morgan fingerprint density at radius 2 is 1.43 bits per heavy atom. The predicted molar refractivity (Wildman–Crippen MR) is 139 cm³/mol. The van der Waals surface area contributed by atoms with Crippen LogP contribution in [0.4, 0.5) is 5.82 Å². The molecule has 0 amide bonds. The van der Waals surface area contributed by atoms with Crippen molar-refractivity contribution in [3.05, 3.63) is 108 Å². The van der Waals surface area contributed by atoms with E-state index in [0.717, 1.165) is 22.3 Å². The number of ether oxygens (including phenoxy) is 2. The number of nitrogens with zero attached hydrogens (tertiary/aromatic N) is 3. The second-order valence-corrected chi connectivity index (χ2v) is 8.12. The smallest absolute Gasteiger partial charge is 0.163 e. The summed E-state index contributed by atoms with van der Waals surface area (Å²) in [5, 5.41) is 4.47. The summed E-state index contributed by atoms with van der Waals surface area (Å²) in [6.07, 6.45) is 3.50. The lowest BCUT2D eigenvalue weighted by Gasteiger charge is -2.20. The summed E-state index contributed by atoms with van der Waals surface area (Å²) >= 11 is 0. The van der Waals surface area contributed by atoms with Gasteiger partial charge in [-0.2, -0.15) is 0 Å². The predicted octanol–water partition coefficient (Wildman–Crippen LogP) is 5.95. The van der Waals surface area contributed by atoms with E-state index in [1.165, 1.54) is 11.1 Å². The van der Waals surface area contributed by atoms with Gasteiger partial charge in [0.2, 0.25) is 0 Å². The number of pyridine rings is 1. The Morgan fingerprint density at radius 3 is 2.03 bits per heavy atom. The summed E-state index contributed by atoms with van der Waals surface area (Å²) < 4.78 is 11.1. The molecule has 0 atom stereocenters. The number of nitrogens with one attached hydrogen (secondary N) is 1. The van der Waals surface area contributed by atoms with Gasteiger partial charge in [-0.05, 0) is 29.3 Å². The Morgan fingerprint density at radius 1 is 0.771 bits per heavy atom. The Kier molecular flexibility index (Phi) is 6.52. The van der Waals surface area contributed by atoms with Crippen LogP contribution in [-0.2, 0) is 0 Å². The van der Waals surface area contributed by atoms with Crippen LogP contribution in [0.3, 0.4) is 0 Å². The molecule has 3 aromatic carbocycles. The van der Waals surface area contributed by atoms with Gasteiger partial charge in [-0.3, -0.25) is 4.98 Å². The van der Waals surface area contributed by atoms with E-state index in [2.05, 4.69) is 58.8 Å². The number of benzene rings is 3. The van der Waals surface area contributed by atoms with Gasteiger partial charge in [0, 0.05) is 41.9 Å². The quantitative estimate of drug-likeness (QED) is 0.307. The molecule has 2 heterocycles. The maximum absolute atomic E-state index is 5.56. The number of rotatable bonds is 8. The zero-order chi connectivity index (χ0) is 24.0. The van der Waals surface area contributed by atoms with Crippen LogP contribution in [0.1, 0.15) is 17.0 Å². The monoisotopic (exact) mass is 462 g/mol. The second kappa shape index (κ2) is 10.2. The van der Waals surface area contributed by atoms with Crippen LogP contribution in [0.2, 0.25) is 0 Å². The first kappa shape index (κ1) is 22.3. The maximum atomic E-state index is 5.56. The highest BCUT2D eigenvalue weighted by Crippen LogP contribution is 2.35. The van der Waals surface area contributed by atoms with Crippen LogP contribution in [0.25, 0.3) is 22.3 Å². The third-order valence-corrected chi connectivity index (χ3v) is 6.00. The Hall–Kier alpha value is -4.45. The van der Waals surface area contributed by atoms with Crippen molar-refractivity contribution in [1.29, 1.82) is 0 Å². The van der Waals surface area contributed by atoms with Crippen LogP contribution < -0.4 is 14.8 Å². The molecule has 35 heavy (non-hydrogen) atoms. The number of hydrogen-bond acceptors (Lipinski definition) is 6. The molecule has 0 aliphatic carbocycles. The van der Waals surface area contributed by atoms with Gasteiger partial charge in [-0.15, -0.1) is 0 Å². The molecule has 0 unspecified atom stereocenters. The first-order valence-corrected chi connectivity index (χ1v) is 11.4. The van der Waals surface area contributed by atoms with Crippen molar-refractivity contribution in [2.45, 2.75) is 5.92 Å². The first-order chi connectivity index (χ1) is 17.3. The molecule has 5 rings (SSSR count). The summed E-state index contributed by atoms with van der Waals surface area (Å²) in [4.78, 5) is 14.0. The van der Waals surface area contributed by atoms with E-state index in [1.807, 2.05) is 36.4 Å². The second-order valence-electron chi connectivity index (χ2n) is 8.12. The van der Waals surface area contributed by atoms with Gasteiger partial charge in [0.25, 0.3) is 0 Å². The van der Waals surface area contributed by atoms with Crippen LogP contribution in [0.15, 0.2) is 97.3 Å². The van der Waals surface area contributed by atoms with E-state index in [0.29, 0.717) is 23.9 Å². The third-order valence-electron chi connectivity index (χ3n) is 6.00. The van der Waals surface area contributed by atoms with Crippen LogP contribution in [0.5, 0.6) is 11.5 Å². The van der Waals surface area contributed by atoms with Crippen molar-refractivity contribution in [3.8, 4) is 22.9 Å². The molecule has 0 fully saturated rings. The Labute approximate surface area is 204 Å². The SMILES string of the molecule is COc1cc2nc(-c3cccnc3)nc(NCC(c3ccccc3)c3ccccc3)c2cc1OC. The van der Waals surface area contributed by atoms with Gasteiger partial charge >= 0.3 is 0 Å². The fraction of sp³-hybridized carbons (Fsp3) is 0.138. The van der Waals surface area contributed by atoms with Crippen LogP contribution in [-0.4, -0.2) is 35.7 Å². The maximum Gasteiger partial charge on any atom is 0.163 e. The highest BCUT2D eigenvalue weighted by molar-refractivity contribution is 5.93. The fourth-order valence-corrected chi connectivity index (χ4v) is 4.21. The largest absolute Gasteiger partial charge is 0.493 e. The lowest BCUT2D eigenvalue weighted by atomic mass is 9.91. The van der Waals surface area contributed by atoms with Gasteiger partial charge in [0.05, 0.1) is 19.7 Å². The lowest BCUT2D eigenvalue weighted by molar-refractivity contribution is 0.356. The van der Waals surface area contributed by atoms with Crippen molar-refractivity contribution >= 4 is 16.7 Å². The molecule has 6 heteroatoms. The van der Waals surface area contributed by atoms with Gasteiger partial charge in [-0.1, -0.05) is 60.7 Å². The Bertz CT molecular complexity index is 1370. The molecular formula is C29H26N4O2. The van der Waals surface area contributed by atoms with E-state index in [4.69, 9.17) is 19.4 Å². The average molecular weight is 463 g/mol. The fourth-order valence-electron chi connectivity index (χ4n) is 4.21. The van der Waals surface area contributed by atoms with E-state index in [1.54, 1.807) is 26.6 Å². The molecule has 0 bridgehead atoms. The number of methoxy groups -OCH3 is 2. The lowest BCUT2D eigenvalue weighted by Crippen LogP contribution is -2.15. The Balaban J connectivity index is 1.59. The number of aromatic nitrogens is 3. The molecule has 5 aromatic rings. The zero-order valence-electron chi connectivity index (χ0n) is 19.7. The van der Waals surface area contributed by atoms with Crippen molar-refractivity contribution in [1.82, 2.24) is 15.0 Å². The molecule has 0 saturated carbocycles. The summed E-state index contributed by atoms with van der Waals surface area (Å²) in [7, 11) is 3.25. The summed E-state index contributed by atoms with van der Waals surface area (Å²) in [5.74, 6) is 2.71. The highest BCUT2D eigenvalue weighted by atomic mass is 16.5. The van der Waals surface area contributed by atoms with Crippen molar-refractivity contribution < 1.29 is 9.47 Å². The average Bonchev–Trinajstić information content (AvgIpc) is 2.93. The van der Waals surface area contributed by atoms with Crippen LogP contribution >= 0.6 is 0 Å². The standard InChI is InChI=1S/C29H26N4O2/c1-34-26-16-23-25(17-27(26)35-2)32-28(22-14-9-15-30-18-22)33-29(23)31-19-24(20-10-5-3-6-11-20)21-12-7-4-8-13-21/h3-18,24H,19H2,1-2H3,(H,31,32,33). The van der Waals surface area contributed by atoms with E-state index < -0.39 is 0 Å². The molecule has 0 saturated heterocycles. The molecule has 0 aliphatic heterocycles. The number of hydrogen-bond donors (Lipinski definition) is 1. The minimum atomic E-state index is 0.143. The molecule has 0 radical (unpaired) electrons. The highest BCUT2D eigenvalue weighted by Gasteiger charge is 2.18. The normalized spacial score (nSPS) is 10.9. The third kappa shape index (κ3) is 4.77.